The smallest absolute Gasteiger partial charge is 0.169 e. The Bertz CT molecular complexity index is 1630. The van der Waals surface area contributed by atoms with Gasteiger partial charge in [-0.15, -0.1) is 0 Å². The van der Waals surface area contributed by atoms with E-state index in [9.17, 15) is 40.2 Å². The molecule has 0 spiro atoms. The molecule has 0 amide bonds. The van der Waals surface area contributed by atoms with E-state index in [1.807, 2.05) is 0 Å². The molecule has 4 aromatic carbocycles. The molecule has 0 aromatic heterocycles. The summed E-state index contributed by atoms with van der Waals surface area (Å²) in [6.45, 7) is 8.82. The Kier molecular flexibility index (Phi) is 6.15. The molecule has 4 rings (SSSR count). The highest BCUT2D eigenvalue weighted by Gasteiger charge is 2.28. The molecule has 0 aliphatic heterocycles. The van der Waals surface area contributed by atoms with Gasteiger partial charge in [0.2, 0.25) is 0 Å². The summed E-state index contributed by atoms with van der Waals surface area (Å²) < 4.78 is 0. The number of carbonyl (C=O) groups excluding carboxylic acids is 2. The molecule has 4 aromatic rings. The van der Waals surface area contributed by atoms with Gasteiger partial charge in [0, 0.05) is 33.0 Å². The maximum atomic E-state index is 11.9. The molecule has 8 nitrogen and oxygen atoms in total. The molecule has 0 aliphatic carbocycles. The topological polar surface area (TPSA) is 156 Å². The van der Waals surface area contributed by atoms with Crippen molar-refractivity contribution in [2.75, 3.05) is 0 Å². The summed E-state index contributed by atoms with van der Waals surface area (Å²) in [5.74, 6) is -3.60. The van der Waals surface area contributed by atoms with Crippen molar-refractivity contribution in [3.63, 3.8) is 0 Å². The average Bonchev–Trinajstić information content (AvgIpc) is 2.82. The number of hydrogen-bond donors (Lipinski definition) is 6. The van der Waals surface area contributed by atoms with E-state index in [-0.39, 0.29) is 44.9 Å². The molecule has 0 atom stereocenters. The lowest BCUT2D eigenvalue weighted by Crippen LogP contribution is -1.99. The molecule has 0 saturated carbocycles. The van der Waals surface area contributed by atoms with Gasteiger partial charge in [-0.2, -0.15) is 0 Å². The lowest BCUT2D eigenvalue weighted by molar-refractivity contribution is 0.111. The van der Waals surface area contributed by atoms with Gasteiger partial charge in [-0.3, -0.25) is 9.59 Å². The third-order valence-electron chi connectivity index (χ3n) is 6.92. The molecule has 0 unspecified atom stereocenters. The van der Waals surface area contributed by atoms with Gasteiger partial charge in [-0.05, 0) is 41.2 Å². The third-order valence-corrected chi connectivity index (χ3v) is 6.92. The van der Waals surface area contributed by atoms with Crippen LogP contribution in [0.3, 0.4) is 0 Å². The minimum atomic E-state index is -0.664. The first-order valence-corrected chi connectivity index (χ1v) is 11.8. The second kappa shape index (κ2) is 8.89. The van der Waals surface area contributed by atoms with Crippen molar-refractivity contribution >= 4 is 34.1 Å². The SMILES string of the molecule is Cc1cc2c(C(C)C)c(O)c(O)c(C=O)c2c(O)c1-c1ccc2c(C(C)C)c(O)c(O)c(C=O)c2c1O. The second-order valence-electron chi connectivity index (χ2n) is 9.82. The van der Waals surface area contributed by atoms with Gasteiger partial charge in [-0.25, -0.2) is 0 Å². The van der Waals surface area contributed by atoms with Crippen molar-refractivity contribution in [3.05, 3.63) is 46.0 Å². The summed E-state index contributed by atoms with van der Waals surface area (Å²) in [4.78, 5) is 23.8. The first-order chi connectivity index (χ1) is 17.4. The lowest BCUT2D eigenvalue weighted by atomic mass is 9.85. The van der Waals surface area contributed by atoms with Crippen molar-refractivity contribution < 1.29 is 40.2 Å². The van der Waals surface area contributed by atoms with E-state index in [0.717, 1.165) is 0 Å². The lowest BCUT2D eigenvalue weighted by Gasteiger charge is -2.22. The van der Waals surface area contributed by atoms with Crippen molar-refractivity contribution in [3.8, 4) is 45.6 Å². The summed E-state index contributed by atoms with van der Waals surface area (Å²) in [6, 6.07) is 4.72. The molecule has 37 heavy (non-hydrogen) atoms. The van der Waals surface area contributed by atoms with Crippen molar-refractivity contribution in [2.45, 2.75) is 46.5 Å². The maximum absolute atomic E-state index is 11.9. The van der Waals surface area contributed by atoms with Crippen LogP contribution in [0.1, 0.15) is 76.9 Å². The fraction of sp³-hybridized carbons (Fsp3) is 0.241. The average molecular weight is 505 g/mol. The molecule has 6 N–H and O–H groups in total. The summed E-state index contributed by atoms with van der Waals surface area (Å²) >= 11 is 0. The van der Waals surface area contributed by atoms with Crippen molar-refractivity contribution in [2.24, 2.45) is 0 Å². The quantitative estimate of drug-likeness (QED) is 0.141. The number of hydrogen-bond acceptors (Lipinski definition) is 8. The van der Waals surface area contributed by atoms with Gasteiger partial charge >= 0.3 is 0 Å². The zero-order valence-electron chi connectivity index (χ0n) is 21.0. The Morgan fingerprint density at radius 1 is 0.622 bits per heavy atom. The van der Waals surface area contributed by atoms with Crippen LogP contribution < -0.4 is 0 Å². The number of rotatable bonds is 5. The molecule has 0 heterocycles. The Morgan fingerprint density at radius 3 is 1.54 bits per heavy atom. The predicted octanol–water partition coefficient (Wildman–Crippen LogP) is 6.07. The normalized spacial score (nSPS) is 11.6. The van der Waals surface area contributed by atoms with Gasteiger partial charge in [0.15, 0.2) is 35.6 Å². The Labute approximate surface area is 212 Å². The summed E-state index contributed by atoms with van der Waals surface area (Å²) in [6.07, 6.45) is 0.666. The number of fused-ring (bicyclic) bond motifs is 2. The summed E-state index contributed by atoms with van der Waals surface area (Å²) in [7, 11) is 0. The van der Waals surface area contributed by atoms with Crippen molar-refractivity contribution in [1.29, 1.82) is 0 Å². The fourth-order valence-corrected chi connectivity index (χ4v) is 5.32. The van der Waals surface area contributed by atoms with Gasteiger partial charge < -0.3 is 30.6 Å². The van der Waals surface area contributed by atoms with E-state index >= 15 is 0 Å². The number of phenols is 6. The zero-order chi connectivity index (χ0) is 27.5. The summed E-state index contributed by atoms with van der Waals surface area (Å²) in [5.41, 5.74) is 0.763. The van der Waals surface area contributed by atoms with Crippen LogP contribution in [-0.2, 0) is 0 Å². The number of benzene rings is 4. The number of aldehydes is 2. The Balaban J connectivity index is 2.22. The summed E-state index contributed by atoms with van der Waals surface area (Å²) in [5, 5.41) is 65.8. The third kappa shape index (κ3) is 3.51. The van der Waals surface area contributed by atoms with Crippen LogP contribution in [0.4, 0.5) is 0 Å². The van der Waals surface area contributed by atoms with Crippen LogP contribution in [0.25, 0.3) is 32.7 Å². The molecular weight excluding hydrogens is 476 g/mol. The highest BCUT2D eigenvalue weighted by Crippen LogP contribution is 2.53. The van der Waals surface area contributed by atoms with Crippen LogP contribution in [0.2, 0.25) is 0 Å². The van der Waals surface area contributed by atoms with Gasteiger partial charge in [0.05, 0.1) is 11.1 Å². The Morgan fingerprint density at radius 2 is 1.08 bits per heavy atom. The molecular formula is C29H28O8. The number of aryl methyl sites for hydroxylation is 1. The zero-order valence-corrected chi connectivity index (χ0v) is 21.0. The van der Waals surface area contributed by atoms with E-state index in [2.05, 4.69) is 0 Å². The molecule has 0 saturated heterocycles. The minimum absolute atomic E-state index is 0.00105. The van der Waals surface area contributed by atoms with Crippen LogP contribution in [0, 0.1) is 6.92 Å². The molecule has 0 bridgehead atoms. The first kappa shape index (κ1) is 25.6. The largest absolute Gasteiger partial charge is 0.507 e. The highest BCUT2D eigenvalue weighted by atomic mass is 16.3. The molecule has 0 fully saturated rings. The number of aromatic hydroxyl groups is 6. The van der Waals surface area contributed by atoms with Gasteiger partial charge in [-0.1, -0.05) is 39.8 Å². The van der Waals surface area contributed by atoms with E-state index in [1.165, 1.54) is 6.07 Å². The van der Waals surface area contributed by atoms with Gasteiger partial charge in [0.25, 0.3) is 0 Å². The van der Waals surface area contributed by atoms with E-state index in [4.69, 9.17) is 0 Å². The van der Waals surface area contributed by atoms with Crippen LogP contribution in [0.5, 0.6) is 34.5 Å². The monoisotopic (exact) mass is 504 g/mol. The first-order valence-electron chi connectivity index (χ1n) is 11.8. The molecule has 192 valence electrons. The Hall–Kier alpha value is -4.46. The maximum Gasteiger partial charge on any atom is 0.169 e. The van der Waals surface area contributed by atoms with Gasteiger partial charge in [0.1, 0.15) is 11.5 Å². The van der Waals surface area contributed by atoms with E-state index in [0.29, 0.717) is 40.0 Å². The predicted molar refractivity (Wildman–Crippen MR) is 141 cm³/mol. The highest BCUT2D eigenvalue weighted by molar-refractivity contribution is 6.13. The fourth-order valence-electron chi connectivity index (χ4n) is 5.32. The number of phenolic OH excluding ortho intramolecular Hbond substituents is 6. The van der Waals surface area contributed by atoms with Crippen molar-refractivity contribution in [1.82, 2.24) is 0 Å². The number of carbonyl (C=O) groups is 2. The standard InChI is InChI=1S/C29H28O8/c1-11(2)19-14-6-7-15(24(32)22(14)17(9-30)25(33)28(19)36)21-13(5)8-16-20(12(3)4)29(37)26(34)18(10-31)23(16)27(21)35/h6-12,32-37H,1-5H3. The molecule has 0 radical (unpaired) electrons. The second-order valence-corrected chi connectivity index (χ2v) is 9.82. The van der Waals surface area contributed by atoms with Crippen LogP contribution in [0.15, 0.2) is 18.2 Å². The molecule has 8 heteroatoms. The van der Waals surface area contributed by atoms with E-state index < -0.39 is 34.5 Å². The van der Waals surface area contributed by atoms with Crippen LogP contribution >= 0.6 is 0 Å². The van der Waals surface area contributed by atoms with Crippen LogP contribution in [-0.4, -0.2) is 43.2 Å². The minimum Gasteiger partial charge on any atom is -0.507 e. The molecule has 0 aliphatic rings. The van der Waals surface area contributed by atoms with E-state index in [1.54, 1.807) is 46.8 Å².